The highest BCUT2D eigenvalue weighted by Crippen LogP contribution is 2.18. The number of nitrogens with one attached hydrogen (secondary N) is 1. The van der Waals surface area contributed by atoms with Gasteiger partial charge in [0, 0.05) is 6.42 Å². The summed E-state index contributed by atoms with van der Waals surface area (Å²) in [6.45, 7) is 6.47. The van der Waals surface area contributed by atoms with E-state index in [1.807, 2.05) is 0 Å². The topological polar surface area (TPSA) is 95.9 Å². The Hall–Kier alpha value is -1.66. The van der Waals surface area contributed by atoms with Crippen molar-refractivity contribution in [2.24, 2.45) is 0 Å². The minimum atomic E-state index is -0.787. The fraction of sp³-hybridized carbons (Fsp3) is 0.887. The van der Waals surface area contributed by atoms with Gasteiger partial charge in [-0.1, -0.05) is 212 Å². The van der Waals surface area contributed by atoms with Crippen molar-refractivity contribution in [3.8, 4) is 0 Å². The Morgan fingerprint density at radius 3 is 1.22 bits per heavy atom. The summed E-state index contributed by atoms with van der Waals surface area (Å²) in [6, 6.07) is -0.701. The van der Waals surface area contributed by atoms with Crippen LogP contribution in [0.15, 0.2) is 24.3 Å². The van der Waals surface area contributed by atoms with Crippen LogP contribution in [0.25, 0.3) is 0 Å². The third-order valence-electron chi connectivity index (χ3n) is 12.0. The van der Waals surface area contributed by atoms with Crippen molar-refractivity contribution in [1.82, 2.24) is 5.32 Å². The van der Waals surface area contributed by atoms with E-state index in [-0.39, 0.29) is 24.9 Å². The summed E-state index contributed by atoms with van der Waals surface area (Å²) < 4.78 is 5.93. The van der Waals surface area contributed by atoms with Crippen molar-refractivity contribution in [2.75, 3.05) is 6.61 Å². The van der Waals surface area contributed by atoms with Gasteiger partial charge >= 0.3 is 5.97 Å². The molecule has 0 fully saturated rings. The molecule has 0 spiro atoms. The van der Waals surface area contributed by atoms with Crippen LogP contribution in [0.5, 0.6) is 0 Å². The summed E-state index contributed by atoms with van der Waals surface area (Å²) >= 11 is 0. The molecule has 348 valence electrons. The first-order valence-corrected chi connectivity index (χ1v) is 26.1. The molecule has 0 aromatic heterocycles. The van der Waals surface area contributed by atoms with Gasteiger partial charge in [0.1, 0.15) is 6.10 Å². The Labute approximate surface area is 367 Å². The number of carbonyl (C=O) groups excluding carboxylic acids is 2. The van der Waals surface area contributed by atoms with Crippen molar-refractivity contribution in [2.45, 2.75) is 296 Å². The first-order chi connectivity index (χ1) is 29.0. The van der Waals surface area contributed by atoms with E-state index in [0.29, 0.717) is 19.3 Å². The third-order valence-corrected chi connectivity index (χ3v) is 12.0. The molecule has 0 rings (SSSR count). The Morgan fingerprint density at radius 1 is 0.475 bits per heavy atom. The molecule has 1 amide bonds. The van der Waals surface area contributed by atoms with Crippen molar-refractivity contribution in [3.05, 3.63) is 24.3 Å². The number of amides is 1. The number of ether oxygens (including phenoxy) is 1. The van der Waals surface area contributed by atoms with Gasteiger partial charge in [0.25, 0.3) is 0 Å². The number of hydrogen-bond donors (Lipinski definition) is 3. The van der Waals surface area contributed by atoms with Gasteiger partial charge in [-0.25, -0.2) is 0 Å². The number of aliphatic hydroxyl groups is 2. The molecule has 59 heavy (non-hydrogen) atoms. The molecule has 0 aromatic rings. The lowest BCUT2D eigenvalue weighted by Gasteiger charge is -2.24. The summed E-state index contributed by atoms with van der Waals surface area (Å²) in [4.78, 5) is 26.1. The van der Waals surface area contributed by atoms with Crippen molar-refractivity contribution in [3.63, 3.8) is 0 Å². The highest BCUT2D eigenvalue weighted by Gasteiger charge is 2.24. The lowest BCUT2D eigenvalue weighted by atomic mass is 10.0. The first kappa shape index (κ1) is 57.3. The molecular weight excluding hydrogens is 731 g/mol. The maximum Gasteiger partial charge on any atom is 0.306 e. The molecule has 0 aromatic carbocycles. The normalized spacial score (nSPS) is 13.4. The molecule has 3 N–H and O–H groups in total. The minimum Gasteiger partial charge on any atom is -0.462 e. The quantitative estimate of drug-likeness (QED) is 0.0322. The molecule has 0 bridgehead atoms. The van der Waals surface area contributed by atoms with Crippen LogP contribution in [0.4, 0.5) is 0 Å². The fourth-order valence-electron chi connectivity index (χ4n) is 8.01. The van der Waals surface area contributed by atoms with Gasteiger partial charge in [-0.3, -0.25) is 9.59 Å². The molecule has 0 aliphatic carbocycles. The smallest absolute Gasteiger partial charge is 0.306 e. The first-order valence-electron chi connectivity index (χ1n) is 26.1. The zero-order valence-electron chi connectivity index (χ0n) is 39.7. The van der Waals surface area contributed by atoms with E-state index in [1.54, 1.807) is 0 Å². The number of rotatable bonds is 47. The Morgan fingerprint density at radius 2 is 0.814 bits per heavy atom. The predicted octanol–water partition coefficient (Wildman–Crippen LogP) is 15.5. The summed E-state index contributed by atoms with van der Waals surface area (Å²) in [6.07, 6.45) is 53.8. The Kier molecular flexibility index (Phi) is 46.1. The molecule has 6 nitrogen and oxygen atoms in total. The second kappa shape index (κ2) is 47.4. The maximum atomic E-state index is 13.2. The summed E-state index contributed by atoms with van der Waals surface area (Å²) in [7, 11) is 0. The Bertz CT molecular complexity index is 935. The number of hydrogen-bond acceptors (Lipinski definition) is 5. The number of aliphatic hydroxyl groups excluding tert-OH is 2. The van der Waals surface area contributed by atoms with Crippen LogP contribution in [-0.4, -0.2) is 46.9 Å². The molecule has 0 heterocycles. The molecule has 0 aliphatic rings. The zero-order chi connectivity index (χ0) is 43.1. The molecule has 3 unspecified atom stereocenters. The lowest BCUT2D eigenvalue weighted by molar-refractivity contribution is -0.151. The lowest BCUT2D eigenvalue weighted by Crippen LogP contribution is -2.46. The number of esters is 1. The van der Waals surface area contributed by atoms with Crippen molar-refractivity contribution >= 4 is 11.9 Å². The summed E-state index contributed by atoms with van der Waals surface area (Å²) in [5, 5.41) is 23.7. The predicted molar refractivity (Wildman–Crippen MR) is 255 cm³/mol. The van der Waals surface area contributed by atoms with Crippen LogP contribution in [0.3, 0.4) is 0 Å². The van der Waals surface area contributed by atoms with Crippen molar-refractivity contribution in [1.29, 1.82) is 0 Å². The average Bonchev–Trinajstić information content (AvgIpc) is 3.23. The minimum absolute atomic E-state index is 0.0724. The second-order valence-electron chi connectivity index (χ2n) is 17.9. The molecular formula is C53H101NO5. The molecule has 3 atom stereocenters. The van der Waals surface area contributed by atoms with Crippen LogP contribution < -0.4 is 5.32 Å². The largest absolute Gasteiger partial charge is 0.462 e. The Balaban J connectivity index is 4.56. The molecule has 0 saturated heterocycles. The van der Waals surface area contributed by atoms with Crippen molar-refractivity contribution < 1.29 is 24.5 Å². The number of unbranched alkanes of at least 4 members (excludes halogenated alkanes) is 31. The number of allylic oxidation sites excluding steroid dienone is 4. The monoisotopic (exact) mass is 832 g/mol. The van der Waals surface area contributed by atoms with Crippen LogP contribution in [0.2, 0.25) is 0 Å². The zero-order valence-corrected chi connectivity index (χ0v) is 39.7. The molecule has 0 aliphatic heterocycles. The van der Waals surface area contributed by atoms with E-state index in [9.17, 15) is 19.8 Å². The summed E-state index contributed by atoms with van der Waals surface area (Å²) in [5.41, 5.74) is 0. The third kappa shape index (κ3) is 42.8. The molecule has 0 saturated carbocycles. The van der Waals surface area contributed by atoms with Crippen LogP contribution in [0, 0.1) is 0 Å². The van der Waals surface area contributed by atoms with Gasteiger partial charge in [-0.05, 0) is 77.0 Å². The molecule has 6 heteroatoms. The van der Waals surface area contributed by atoms with E-state index in [0.717, 1.165) is 70.6 Å². The van der Waals surface area contributed by atoms with Gasteiger partial charge in [-0.2, -0.15) is 0 Å². The van der Waals surface area contributed by atoms with E-state index >= 15 is 0 Å². The standard InChI is InChI=1S/C53H101NO5/c1-4-7-10-13-16-19-22-24-25-26-28-31-34-37-40-43-46-53(58)59-49(44-41-38-35-32-30-27-23-20-17-14-11-8-5-2)47-52(57)54-50(48-55)51(56)45-42-39-36-33-29-21-18-15-12-9-6-3/h20,23,25-26,49-51,55-56H,4-19,21-22,24,27-48H2,1-3H3,(H,54,57)/b23-20-,26-25+. The van der Waals surface area contributed by atoms with Gasteiger partial charge in [-0.15, -0.1) is 0 Å². The van der Waals surface area contributed by atoms with Crippen LogP contribution in [-0.2, 0) is 14.3 Å². The average molecular weight is 832 g/mol. The summed E-state index contributed by atoms with van der Waals surface area (Å²) in [5.74, 6) is -0.481. The van der Waals surface area contributed by atoms with E-state index < -0.39 is 18.2 Å². The SMILES string of the molecule is CCCCCC/C=C\CCCCCCCC(CC(=O)NC(CO)C(O)CCCCCCCCCCCCC)OC(=O)CCCCCCC/C=C/CCCCCCCCC. The van der Waals surface area contributed by atoms with Crippen LogP contribution >= 0.6 is 0 Å². The van der Waals surface area contributed by atoms with Gasteiger partial charge in [0.15, 0.2) is 0 Å². The van der Waals surface area contributed by atoms with Crippen LogP contribution in [0.1, 0.15) is 278 Å². The highest BCUT2D eigenvalue weighted by molar-refractivity contribution is 5.77. The van der Waals surface area contributed by atoms with E-state index in [4.69, 9.17) is 4.74 Å². The van der Waals surface area contributed by atoms with E-state index in [2.05, 4.69) is 50.4 Å². The second-order valence-corrected chi connectivity index (χ2v) is 17.9. The maximum absolute atomic E-state index is 13.2. The number of carbonyl (C=O) groups is 2. The highest BCUT2D eigenvalue weighted by atomic mass is 16.5. The van der Waals surface area contributed by atoms with Gasteiger partial charge in [0.05, 0.1) is 25.2 Å². The van der Waals surface area contributed by atoms with Gasteiger partial charge in [0.2, 0.25) is 5.91 Å². The molecule has 0 radical (unpaired) electrons. The van der Waals surface area contributed by atoms with Gasteiger partial charge < -0.3 is 20.3 Å². The van der Waals surface area contributed by atoms with E-state index in [1.165, 1.54) is 161 Å². The fourth-order valence-corrected chi connectivity index (χ4v) is 8.01.